The van der Waals surface area contributed by atoms with Gasteiger partial charge in [0, 0.05) is 13.7 Å². The van der Waals surface area contributed by atoms with Crippen molar-refractivity contribution in [2.75, 3.05) is 13.7 Å². The Balaban J connectivity index is 2.15. The summed E-state index contributed by atoms with van der Waals surface area (Å²) in [5.41, 5.74) is 7.32. The number of carboxylic acids is 1. The van der Waals surface area contributed by atoms with E-state index in [0.717, 1.165) is 37.5 Å². The molecule has 0 radical (unpaired) electrons. The minimum atomic E-state index is -1.02. The Morgan fingerprint density at radius 2 is 1.86 bits per heavy atom. The second-order valence-electron chi connectivity index (χ2n) is 6.38. The van der Waals surface area contributed by atoms with Crippen molar-refractivity contribution in [1.29, 1.82) is 0 Å². The summed E-state index contributed by atoms with van der Waals surface area (Å²) in [4.78, 5) is 11.0. The number of benzene rings is 2. The first-order valence-corrected chi connectivity index (χ1v) is 10.9. The molecule has 2 aromatic carbocycles. The molecule has 2 aromatic rings. The summed E-state index contributed by atoms with van der Waals surface area (Å²) in [6.45, 7) is 0.700. The number of halogens is 2. The van der Waals surface area contributed by atoms with Gasteiger partial charge in [0.2, 0.25) is 0 Å². The number of hydrogen-bond donors (Lipinski definition) is 3. The van der Waals surface area contributed by atoms with Crippen molar-refractivity contribution in [3.8, 4) is 17.2 Å². The molecule has 28 heavy (non-hydrogen) atoms. The van der Waals surface area contributed by atoms with E-state index in [2.05, 4.69) is 45.2 Å². The van der Waals surface area contributed by atoms with Crippen molar-refractivity contribution in [1.82, 2.24) is 0 Å². The first-order chi connectivity index (χ1) is 13.3. The van der Waals surface area contributed by atoms with Crippen molar-refractivity contribution in [2.24, 2.45) is 5.73 Å². The predicted octanol–water partition coefficient (Wildman–Crippen LogP) is 4.32. The summed E-state index contributed by atoms with van der Waals surface area (Å²) in [7, 11) is 1.68. The van der Waals surface area contributed by atoms with E-state index in [1.54, 1.807) is 19.2 Å². The van der Waals surface area contributed by atoms with Crippen LogP contribution in [-0.2, 0) is 22.4 Å². The summed E-state index contributed by atoms with van der Waals surface area (Å²) in [6.07, 6.45) is 2.84. The molecule has 152 valence electrons. The fourth-order valence-corrected chi connectivity index (χ4v) is 4.79. The van der Waals surface area contributed by atoms with Gasteiger partial charge in [-0.25, -0.2) is 0 Å². The Kier molecular flexibility index (Phi) is 9.25. The molecule has 0 saturated carbocycles. The molecule has 1 unspecified atom stereocenters. The van der Waals surface area contributed by atoms with E-state index in [9.17, 15) is 9.90 Å². The monoisotopic (exact) mass is 611 g/mol. The lowest BCUT2D eigenvalue weighted by Gasteiger charge is -2.14. The Hall–Kier alpha value is -1.11. The number of aryl methyl sites for hydroxylation is 1. The molecule has 0 spiro atoms. The second kappa shape index (κ2) is 11.2. The highest BCUT2D eigenvalue weighted by Gasteiger charge is 2.16. The topological polar surface area (TPSA) is 102 Å². The Bertz CT molecular complexity index is 805. The normalized spacial score (nSPS) is 12.0. The molecular weight excluding hydrogens is 588 g/mol. The molecule has 0 aliphatic rings. The zero-order valence-electron chi connectivity index (χ0n) is 15.5. The van der Waals surface area contributed by atoms with Gasteiger partial charge in [-0.15, -0.1) is 0 Å². The molecule has 0 aromatic heterocycles. The number of aliphatic carboxylic acids is 1. The van der Waals surface area contributed by atoms with Crippen LogP contribution in [0.25, 0.3) is 0 Å². The fourth-order valence-electron chi connectivity index (χ4n) is 2.67. The van der Waals surface area contributed by atoms with Crippen LogP contribution >= 0.6 is 45.2 Å². The van der Waals surface area contributed by atoms with E-state index in [4.69, 9.17) is 20.3 Å². The average Bonchev–Trinajstić information content (AvgIpc) is 2.63. The maximum atomic E-state index is 11.0. The highest BCUT2D eigenvalue weighted by Crippen LogP contribution is 2.35. The predicted molar refractivity (Wildman–Crippen MR) is 124 cm³/mol. The molecule has 1 atom stereocenters. The van der Waals surface area contributed by atoms with Crippen molar-refractivity contribution < 1.29 is 24.5 Å². The third kappa shape index (κ3) is 6.75. The number of nitrogens with two attached hydrogens (primary N) is 1. The van der Waals surface area contributed by atoms with Crippen LogP contribution in [0.15, 0.2) is 30.3 Å². The molecule has 0 saturated heterocycles. The Morgan fingerprint density at radius 3 is 2.46 bits per heavy atom. The quantitative estimate of drug-likeness (QED) is 0.274. The van der Waals surface area contributed by atoms with Gasteiger partial charge in [-0.1, -0.05) is 0 Å². The van der Waals surface area contributed by atoms with Crippen LogP contribution in [0, 0.1) is 7.14 Å². The van der Waals surface area contributed by atoms with E-state index >= 15 is 0 Å². The first kappa shape index (κ1) is 23.2. The van der Waals surface area contributed by atoms with Crippen molar-refractivity contribution in [3.63, 3.8) is 0 Å². The third-order valence-corrected chi connectivity index (χ3v) is 5.75. The molecule has 0 aliphatic heterocycles. The largest absolute Gasteiger partial charge is 0.508 e. The van der Waals surface area contributed by atoms with E-state index in [1.165, 1.54) is 0 Å². The van der Waals surface area contributed by atoms with E-state index in [1.807, 2.05) is 18.2 Å². The molecular formula is C20H23I2NO5. The maximum absolute atomic E-state index is 11.0. The molecule has 0 bridgehead atoms. The van der Waals surface area contributed by atoms with E-state index in [0.29, 0.717) is 18.1 Å². The standard InChI is InChI=1S/C20H23I2NO5/c1-27-7-3-2-4-13-11-14(5-6-18(13)24)28-19-15(21)8-12(9-16(19)22)10-17(23)20(25)26/h5-6,8-9,11,17,24H,2-4,7,10,23H2,1H3,(H,25,26). The lowest BCUT2D eigenvalue weighted by Crippen LogP contribution is -2.32. The van der Waals surface area contributed by atoms with Crippen molar-refractivity contribution in [2.45, 2.75) is 31.7 Å². The average molecular weight is 611 g/mol. The zero-order chi connectivity index (χ0) is 20.7. The highest BCUT2D eigenvalue weighted by atomic mass is 127. The highest BCUT2D eigenvalue weighted by molar-refractivity contribution is 14.1. The summed E-state index contributed by atoms with van der Waals surface area (Å²) >= 11 is 4.34. The first-order valence-electron chi connectivity index (χ1n) is 8.76. The minimum Gasteiger partial charge on any atom is -0.508 e. The Labute approximate surface area is 191 Å². The molecule has 0 heterocycles. The van der Waals surface area contributed by atoms with Crippen molar-refractivity contribution >= 4 is 51.2 Å². The number of methoxy groups -OCH3 is 1. The molecule has 0 fully saturated rings. The maximum Gasteiger partial charge on any atom is 0.320 e. The van der Waals surface area contributed by atoms with Crippen molar-refractivity contribution in [3.05, 3.63) is 48.6 Å². The smallest absolute Gasteiger partial charge is 0.320 e. The Morgan fingerprint density at radius 1 is 1.18 bits per heavy atom. The van der Waals surface area contributed by atoms with Gasteiger partial charge < -0.3 is 25.4 Å². The molecule has 0 amide bonds. The minimum absolute atomic E-state index is 0.256. The van der Waals surface area contributed by atoms with Crippen LogP contribution < -0.4 is 10.5 Å². The molecule has 0 aliphatic carbocycles. The molecule has 2 rings (SSSR count). The number of ether oxygens (including phenoxy) is 2. The van der Waals surface area contributed by atoms with Gasteiger partial charge >= 0.3 is 5.97 Å². The van der Waals surface area contributed by atoms with Crippen LogP contribution in [0.4, 0.5) is 0 Å². The SMILES string of the molecule is COCCCCc1cc(Oc2c(I)cc(CC(N)C(=O)O)cc2I)ccc1O. The van der Waals surface area contributed by atoms with Gasteiger partial charge in [-0.05, 0) is 112 Å². The number of unbranched alkanes of at least 4 members (excludes halogenated alkanes) is 1. The zero-order valence-corrected chi connectivity index (χ0v) is 19.8. The van der Waals surface area contributed by atoms with Crippen LogP contribution in [0.1, 0.15) is 24.0 Å². The number of hydrogen-bond acceptors (Lipinski definition) is 5. The third-order valence-electron chi connectivity index (χ3n) is 4.15. The van der Waals surface area contributed by atoms with Gasteiger partial charge in [0.1, 0.15) is 17.5 Å². The second-order valence-corrected chi connectivity index (χ2v) is 8.70. The number of carboxylic acid groups (broad SMARTS) is 1. The number of carbonyl (C=O) groups is 1. The van der Waals surface area contributed by atoms with Crippen LogP contribution in [-0.4, -0.2) is 35.9 Å². The summed E-state index contributed by atoms with van der Waals surface area (Å²) in [5.74, 6) is 0.579. The number of aromatic hydroxyl groups is 1. The van der Waals surface area contributed by atoms with E-state index in [-0.39, 0.29) is 12.2 Å². The van der Waals surface area contributed by atoms with Gasteiger partial charge in [-0.3, -0.25) is 4.79 Å². The lowest BCUT2D eigenvalue weighted by molar-refractivity contribution is -0.138. The molecule has 4 N–H and O–H groups in total. The van der Waals surface area contributed by atoms with Crippen LogP contribution in [0.2, 0.25) is 0 Å². The number of phenols is 1. The van der Waals surface area contributed by atoms with E-state index < -0.39 is 12.0 Å². The lowest BCUT2D eigenvalue weighted by atomic mass is 10.1. The summed E-state index contributed by atoms with van der Waals surface area (Å²) in [5, 5.41) is 19.1. The summed E-state index contributed by atoms with van der Waals surface area (Å²) < 4.78 is 12.9. The number of phenolic OH excluding ortho intramolecular Hbond substituents is 1. The van der Waals surface area contributed by atoms with Gasteiger partial charge in [-0.2, -0.15) is 0 Å². The molecule has 6 nitrogen and oxygen atoms in total. The number of rotatable bonds is 10. The van der Waals surface area contributed by atoms with Crippen LogP contribution in [0.3, 0.4) is 0 Å². The van der Waals surface area contributed by atoms with Crippen LogP contribution in [0.5, 0.6) is 17.2 Å². The molecule has 8 heteroatoms. The summed E-state index contributed by atoms with van der Waals surface area (Å²) in [6, 6.07) is 8.05. The van der Waals surface area contributed by atoms with Gasteiger partial charge in [0.15, 0.2) is 5.75 Å². The van der Waals surface area contributed by atoms with Gasteiger partial charge in [0.05, 0.1) is 7.14 Å². The fraction of sp³-hybridized carbons (Fsp3) is 0.350. The van der Waals surface area contributed by atoms with Gasteiger partial charge in [0.25, 0.3) is 0 Å².